The zero-order chi connectivity index (χ0) is 7.33. The Kier molecular flexibility index (Phi) is 7.99. The molecule has 0 bridgehead atoms. The fraction of sp³-hybridized carbons (Fsp3) is 1.00. The molecule has 0 heterocycles. The number of aliphatic hydroxyl groups is 1. The van der Waals surface area contributed by atoms with Crippen LogP contribution in [0.1, 0.15) is 33.1 Å². The summed E-state index contributed by atoms with van der Waals surface area (Å²) >= 11 is 0. The van der Waals surface area contributed by atoms with E-state index in [4.69, 9.17) is 10.8 Å². The van der Waals surface area contributed by atoms with Gasteiger partial charge in [0, 0.05) is 12.1 Å². The molecule has 0 saturated heterocycles. The molecular weight excluding hydrogens is 194 g/mol. The highest BCUT2D eigenvalue weighted by molar-refractivity contribution is 8.93. The SMILES string of the molecule is Br.CCC(N)(CC)CCO. The average Bonchev–Trinajstić information content (AvgIpc) is 1.89. The Labute approximate surface area is 73.6 Å². The van der Waals surface area contributed by atoms with Crippen molar-refractivity contribution < 1.29 is 5.11 Å². The summed E-state index contributed by atoms with van der Waals surface area (Å²) in [6, 6.07) is 0. The Morgan fingerprint density at radius 3 is 1.80 bits per heavy atom. The summed E-state index contributed by atoms with van der Waals surface area (Å²) in [7, 11) is 0. The Morgan fingerprint density at radius 2 is 1.70 bits per heavy atom. The number of hydrogen-bond donors (Lipinski definition) is 2. The second kappa shape index (κ2) is 6.13. The van der Waals surface area contributed by atoms with Gasteiger partial charge in [0.15, 0.2) is 0 Å². The molecule has 0 aromatic rings. The van der Waals surface area contributed by atoms with Gasteiger partial charge in [-0.15, -0.1) is 17.0 Å². The van der Waals surface area contributed by atoms with E-state index in [0.717, 1.165) is 19.3 Å². The third kappa shape index (κ3) is 4.25. The number of hydrogen-bond acceptors (Lipinski definition) is 2. The summed E-state index contributed by atoms with van der Waals surface area (Å²) in [5.74, 6) is 0. The molecule has 0 saturated carbocycles. The number of rotatable bonds is 4. The van der Waals surface area contributed by atoms with Crippen LogP contribution in [0.3, 0.4) is 0 Å². The predicted octanol–water partition coefficient (Wildman–Crippen LogP) is 1.46. The van der Waals surface area contributed by atoms with Gasteiger partial charge in [-0.3, -0.25) is 0 Å². The molecule has 0 aliphatic rings. The highest BCUT2D eigenvalue weighted by Gasteiger charge is 2.18. The van der Waals surface area contributed by atoms with Crippen molar-refractivity contribution in [2.24, 2.45) is 5.73 Å². The Balaban J connectivity index is 0. The predicted molar refractivity (Wildman–Crippen MR) is 49.5 cm³/mol. The van der Waals surface area contributed by atoms with Gasteiger partial charge in [-0.25, -0.2) is 0 Å². The molecule has 0 amide bonds. The second-order valence-corrected chi connectivity index (χ2v) is 2.54. The summed E-state index contributed by atoms with van der Waals surface area (Å²) in [6.45, 7) is 4.32. The normalized spacial score (nSPS) is 10.8. The lowest BCUT2D eigenvalue weighted by molar-refractivity contribution is 0.230. The second-order valence-electron chi connectivity index (χ2n) is 2.54. The van der Waals surface area contributed by atoms with E-state index in [1.807, 2.05) is 0 Å². The van der Waals surface area contributed by atoms with Crippen LogP contribution in [0.5, 0.6) is 0 Å². The molecule has 0 atom stereocenters. The van der Waals surface area contributed by atoms with E-state index < -0.39 is 0 Å². The minimum atomic E-state index is -0.116. The molecule has 0 aliphatic heterocycles. The van der Waals surface area contributed by atoms with Gasteiger partial charge in [-0.2, -0.15) is 0 Å². The van der Waals surface area contributed by atoms with Gasteiger partial charge in [0.1, 0.15) is 0 Å². The van der Waals surface area contributed by atoms with E-state index in [2.05, 4.69) is 13.8 Å². The fourth-order valence-electron chi connectivity index (χ4n) is 0.826. The maximum absolute atomic E-state index is 8.58. The van der Waals surface area contributed by atoms with Gasteiger partial charge in [0.25, 0.3) is 0 Å². The zero-order valence-electron chi connectivity index (χ0n) is 6.76. The van der Waals surface area contributed by atoms with Crippen LogP contribution < -0.4 is 5.73 Å². The Hall–Kier alpha value is 0.400. The average molecular weight is 212 g/mol. The van der Waals surface area contributed by atoms with Crippen LogP contribution in [-0.4, -0.2) is 17.3 Å². The summed E-state index contributed by atoms with van der Waals surface area (Å²) in [4.78, 5) is 0. The molecule has 64 valence electrons. The van der Waals surface area contributed by atoms with Crippen LogP contribution >= 0.6 is 17.0 Å². The van der Waals surface area contributed by atoms with Gasteiger partial charge < -0.3 is 10.8 Å². The molecule has 0 radical (unpaired) electrons. The summed E-state index contributed by atoms with van der Waals surface area (Å²) in [6.07, 6.45) is 2.62. The quantitative estimate of drug-likeness (QED) is 0.741. The van der Waals surface area contributed by atoms with Crippen LogP contribution in [-0.2, 0) is 0 Å². The van der Waals surface area contributed by atoms with Crippen LogP contribution in [0.4, 0.5) is 0 Å². The van der Waals surface area contributed by atoms with Crippen molar-refractivity contribution in [3.8, 4) is 0 Å². The zero-order valence-corrected chi connectivity index (χ0v) is 8.47. The van der Waals surface area contributed by atoms with Crippen molar-refractivity contribution in [2.75, 3.05) is 6.61 Å². The summed E-state index contributed by atoms with van der Waals surface area (Å²) in [5.41, 5.74) is 5.73. The molecule has 0 unspecified atom stereocenters. The van der Waals surface area contributed by atoms with E-state index in [1.165, 1.54) is 0 Å². The van der Waals surface area contributed by atoms with Crippen LogP contribution in [0, 0.1) is 0 Å². The van der Waals surface area contributed by atoms with Crippen LogP contribution in [0.2, 0.25) is 0 Å². The molecule has 0 aromatic heterocycles. The van der Waals surface area contributed by atoms with Crippen LogP contribution in [0.25, 0.3) is 0 Å². The first-order valence-electron chi connectivity index (χ1n) is 3.58. The molecule has 0 rings (SSSR count). The van der Waals surface area contributed by atoms with Gasteiger partial charge >= 0.3 is 0 Å². The largest absolute Gasteiger partial charge is 0.396 e. The number of halogens is 1. The number of aliphatic hydroxyl groups excluding tert-OH is 1. The minimum absolute atomic E-state index is 0. The molecule has 0 spiro atoms. The van der Waals surface area contributed by atoms with Crippen molar-refractivity contribution in [1.82, 2.24) is 0 Å². The fourth-order valence-corrected chi connectivity index (χ4v) is 0.826. The standard InChI is InChI=1S/C7H17NO.BrH/c1-3-7(8,4-2)5-6-9;/h9H,3-6,8H2,1-2H3;1H. The number of nitrogens with two attached hydrogens (primary N) is 1. The van der Waals surface area contributed by atoms with Gasteiger partial charge in [0.05, 0.1) is 0 Å². The van der Waals surface area contributed by atoms with Crippen molar-refractivity contribution in [3.05, 3.63) is 0 Å². The molecular formula is C7H18BrNO. The Bertz CT molecular complexity index is 74.0. The molecule has 0 aromatic carbocycles. The topological polar surface area (TPSA) is 46.2 Å². The van der Waals surface area contributed by atoms with Gasteiger partial charge in [0.2, 0.25) is 0 Å². The van der Waals surface area contributed by atoms with Gasteiger partial charge in [-0.05, 0) is 19.3 Å². The summed E-state index contributed by atoms with van der Waals surface area (Å²) < 4.78 is 0. The van der Waals surface area contributed by atoms with Crippen molar-refractivity contribution >= 4 is 17.0 Å². The third-order valence-electron chi connectivity index (χ3n) is 2.02. The lowest BCUT2D eigenvalue weighted by Gasteiger charge is -2.25. The lowest BCUT2D eigenvalue weighted by atomic mass is 9.91. The first kappa shape index (κ1) is 13.0. The Morgan fingerprint density at radius 1 is 1.30 bits per heavy atom. The van der Waals surface area contributed by atoms with E-state index >= 15 is 0 Å². The van der Waals surface area contributed by atoms with E-state index in [0.29, 0.717) is 0 Å². The highest BCUT2D eigenvalue weighted by Crippen LogP contribution is 2.14. The highest BCUT2D eigenvalue weighted by atomic mass is 79.9. The van der Waals surface area contributed by atoms with E-state index in [-0.39, 0.29) is 29.1 Å². The molecule has 10 heavy (non-hydrogen) atoms. The summed E-state index contributed by atoms with van der Waals surface area (Å²) in [5, 5.41) is 8.58. The van der Waals surface area contributed by atoms with Gasteiger partial charge in [-0.1, -0.05) is 13.8 Å². The molecule has 3 N–H and O–H groups in total. The molecule has 3 heteroatoms. The van der Waals surface area contributed by atoms with E-state index in [9.17, 15) is 0 Å². The maximum atomic E-state index is 8.58. The minimum Gasteiger partial charge on any atom is -0.396 e. The first-order chi connectivity index (χ1) is 4.18. The van der Waals surface area contributed by atoms with Crippen molar-refractivity contribution in [2.45, 2.75) is 38.6 Å². The van der Waals surface area contributed by atoms with Crippen molar-refractivity contribution in [3.63, 3.8) is 0 Å². The maximum Gasteiger partial charge on any atom is 0.0448 e. The van der Waals surface area contributed by atoms with Crippen molar-refractivity contribution in [1.29, 1.82) is 0 Å². The molecule has 0 aliphatic carbocycles. The molecule has 2 nitrogen and oxygen atoms in total. The lowest BCUT2D eigenvalue weighted by Crippen LogP contribution is -2.39. The molecule has 0 fully saturated rings. The first-order valence-corrected chi connectivity index (χ1v) is 3.58. The van der Waals surface area contributed by atoms with E-state index in [1.54, 1.807) is 0 Å². The smallest absolute Gasteiger partial charge is 0.0448 e. The van der Waals surface area contributed by atoms with Crippen LogP contribution in [0.15, 0.2) is 0 Å². The third-order valence-corrected chi connectivity index (χ3v) is 2.02. The monoisotopic (exact) mass is 211 g/mol.